The van der Waals surface area contributed by atoms with E-state index in [-0.39, 0.29) is 5.91 Å². The van der Waals surface area contributed by atoms with Crippen molar-refractivity contribution in [1.29, 1.82) is 0 Å². The van der Waals surface area contributed by atoms with E-state index >= 15 is 0 Å². The first-order valence-corrected chi connectivity index (χ1v) is 12.0. The van der Waals surface area contributed by atoms with Crippen LogP contribution in [0.5, 0.6) is 0 Å². The molecular weight excluding hydrogens is 424 g/mol. The minimum atomic E-state index is 0.0364. The van der Waals surface area contributed by atoms with Gasteiger partial charge in [0.2, 0.25) is 5.91 Å². The standard InChI is InChI=1S/C23H32N6O2S/c1-4-31-15-13-25-21-19-16-26-29(22(19)28-23(27-21)32-17(2)3)14-12-24-20(30)11-10-18-8-6-5-7-9-18/h5-9,16-17H,4,10-15H2,1-3H3,(H,24,30)(H,25,27,28). The number of carbonyl (C=O) groups excluding carboxylic acids is 1. The second kappa shape index (κ2) is 12.4. The summed E-state index contributed by atoms with van der Waals surface area (Å²) >= 11 is 1.61. The zero-order valence-electron chi connectivity index (χ0n) is 19.0. The Morgan fingerprint density at radius 3 is 2.75 bits per heavy atom. The molecule has 9 heteroatoms. The van der Waals surface area contributed by atoms with Crippen molar-refractivity contribution < 1.29 is 9.53 Å². The fraction of sp³-hybridized carbons (Fsp3) is 0.478. The molecule has 32 heavy (non-hydrogen) atoms. The number of nitrogens with zero attached hydrogens (tertiary/aromatic N) is 4. The Labute approximate surface area is 193 Å². The van der Waals surface area contributed by atoms with Crippen LogP contribution in [0.1, 0.15) is 32.8 Å². The lowest BCUT2D eigenvalue weighted by atomic mass is 10.1. The number of hydrogen-bond donors (Lipinski definition) is 2. The maximum atomic E-state index is 12.2. The maximum Gasteiger partial charge on any atom is 0.220 e. The third-order valence-corrected chi connectivity index (χ3v) is 5.55. The minimum Gasteiger partial charge on any atom is -0.380 e. The summed E-state index contributed by atoms with van der Waals surface area (Å²) in [6.07, 6.45) is 2.98. The Morgan fingerprint density at radius 2 is 2.00 bits per heavy atom. The van der Waals surface area contributed by atoms with E-state index in [4.69, 9.17) is 9.72 Å². The highest BCUT2D eigenvalue weighted by Crippen LogP contribution is 2.26. The summed E-state index contributed by atoms with van der Waals surface area (Å²) in [4.78, 5) is 21.6. The quantitative estimate of drug-likeness (QED) is 0.231. The number of thioether (sulfide) groups is 1. The molecule has 0 fully saturated rings. The summed E-state index contributed by atoms with van der Waals surface area (Å²) < 4.78 is 7.24. The van der Waals surface area contributed by atoms with Crippen LogP contribution < -0.4 is 10.6 Å². The number of aryl methyl sites for hydroxylation is 1. The van der Waals surface area contributed by atoms with Crippen molar-refractivity contribution >= 4 is 34.5 Å². The van der Waals surface area contributed by atoms with Crippen LogP contribution in [0.2, 0.25) is 0 Å². The van der Waals surface area contributed by atoms with Gasteiger partial charge in [0.05, 0.1) is 24.7 Å². The van der Waals surface area contributed by atoms with Gasteiger partial charge in [-0.1, -0.05) is 55.9 Å². The largest absolute Gasteiger partial charge is 0.380 e. The van der Waals surface area contributed by atoms with Crippen molar-refractivity contribution in [2.75, 3.05) is 31.6 Å². The molecule has 0 spiro atoms. The van der Waals surface area contributed by atoms with Crippen molar-refractivity contribution in [1.82, 2.24) is 25.1 Å². The average molecular weight is 457 g/mol. The molecule has 8 nitrogen and oxygen atoms in total. The Bertz CT molecular complexity index is 993. The van der Waals surface area contributed by atoms with Crippen LogP contribution in [-0.2, 0) is 22.5 Å². The number of amides is 1. The zero-order valence-corrected chi connectivity index (χ0v) is 19.8. The molecule has 1 amide bonds. The molecule has 3 rings (SSSR count). The maximum absolute atomic E-state index is 12.2. The number of fused-ring (bicyclic) bond motifs is 1. The number of ether oxygens (including phenoxy) is 1. The fourth-order valence-electron chi connectivity index (χ4n) is 3.18. The number of nitrogens with one attached hydrogen (secondary N) is 2. The van der Waals surface area contributed by atoms with Gasteiger partial charge in [0, 0.05) is 31.4 Å². The van der Waals surface area contributed by atoms with Gasteiger partial charge in [-0.15, -0.1) is 0 Å². The Balaban J connectivity index is 1.62. The van der Waals surface area contributed by atoms with Crippen molar-refractivity contribution in [3.63, 3.8) is 0 Å². The van der Waals surface area contributed by atoms with Crippen LogP contribution in [0.4, 0.5) is 5.82 Å². The van der Waals surface area contributed by atoms with E-state index in [9.17, 15) is 4.79 Å². The Morgan fingerprint density at radius 1 is 1.19 bits per heavy atom. The number of anilines is 1. The highest BCUT2D eigenvalue weighted by molar-refractivity contribution is 7.99. The van der Waals surface area contributed by atoms with Crippen LogP contribution in [0.15, 0.2) is 41.7 Å². The summed E-state index contributed by atoms with van der Waals surface area (Å²) in [6.45, 7) is 9.20. The first-order valence-electron chi connectivity index (χ1n) is 11.1. The SMILES string of the molecule is CCOCCNc1nc(SC(C)C)nc2c1cnn2CCNC(=O)CCc1ccccc1. The van der Waals surface area contributed by atoms with Gasteiger partial charge in [-0.05, 0) is 18.9 Å². The fourth-order valence-corrected chi connectivity index (χ4v) is 3.88. The van der Waals surface area contributed by atoms with Gasteiger partial charge < -0.3 is 15.4 Å². The third kappa shape index (κ3) is 7.20. The van der Waals surface area contributed by atoms with Gasteiger partial charge in [0.15, 0.2) is 10.8 Å². The smallest absolute Gasteiger partial charge is 0.220 e. The predicted molar refractivity (Wildman–Crippen MR) is 129 cm³/mol. The summed E-state index contributed by atoms with van der Waals surface area (Å²) in [5.41, 5.74) is 1.93. The van der Waals surface area contributed by atoms with E-state index in [2.05, 4.69) is 34.6 Å². The number of carbonyl (C=O) groups is 1. The van der Waals surface area contributed by atoms with E-state index in [1.54, 1.807) is 18.0 Å². The molecule has 0 atom stereocenters. The van der Waals surface area contributed by atoms with Crippen molar-refractivity contribution in [2.45, 2.75) is 50.6 Å². The van der Waals surface area contributed by atoms with Crippen molar-refractivity contribution in [3.05, 3.63) is 42.1 Å². The van der Waals surface area contributed by atoms with Gasteiger partial charge in [0.1, 0.15) is 5.82 Å². The molecule has 2 aromatic heterocycles. The summed E-state index contributed by atoms with van der Waals surface area (Å²) in [5.74, 6) is 0.797. The first-order chi connectivity index (χ1) is 15.6. The molecule has 0 aliphatic rings. The molecule has 0 aliphatic heterocycles. The molecule has 172 valence electrons. The van der Waals surface area contributed by atoms with E-state index in [0.29, 0.717) is 49.7 Å². The van der Waals surface area contributed by atoms with Crippen molar-refractivity contribution in [3.8, 4) is 0 Å². The molecule has 1 aromatic carbocycles. The topological polar surface area (TPSA) is 94.0 Å². The van der Waals surface area contributed by atoms with E-state index in [0.717, 1.165) is 28.8 Å². The lowest BCUT2D eigenvalue weighted by Crippen LogP contribution is -2.27. The second-order valence-electron chi connectivity index (χ2n) is 7.59. The molecule has 0 radical (unpaired) electrons. The number of benzene rings is 1. The number of aromatic nitrogens is 4. The summed E-state index contributed by atoms with van der Waals surface area (Å²) in [7, 11) is 0. The van der Waals surface area contributed by atoms with Gasteiger partial charge in [0.25, 0.3) is 0 Å². The lowest BCUT2D eigenvalue weighted by Gasteiger charge is -2.11. The van der Waals surface area contributed by atoms with Crippen molar-refractivity contribution in [2.24, 2.45) is 0 Å². The van der Waals surface area contributed by atoms with Gasteiger partial charge in [-0.3, -0.25) is 4.79 Å². The van der Waals surface area contributed by atoms with Gasteiger partial charge in [-0.2, -0.15) is 5.10 Å². The zero-order chi connectivity index (χ0) is 22.8. The molecule has 3 aromatic rings. The summed E-state index contributed by atoms with van der Waals surface area (Å²) in [6, 6.07) is 10.0. The monoisotopic (exact) mass is 456 g/mol. The Hall–Kier alpha value is -2.65. The molecule has 2 heterocycles. The van der Waals surface area contributed by atoms with Crippen LogP contribution in [0, 0.1) is 0 Å². The Kier molecular flexibility index (Phi) is 9.30. The molecule has 2 N–H and O–H groups in total. The highest BCUT2D eigenvalue weighted by atomic mass is 32.2. The minimum absolute atomic E-state index is 0.0364. The molecule has 0 unspecified atom stereocenters. The average Bonchev–Trinajstić information content (AvgIpc) is 3.18. The molecular formula is C23H32N6O2S. The van der Waals surface area contributed by atoms with E-state index in [1.165, 1.54) is 0 Å². The van der Waals surface area contributed by atoms with Crippen LogP contribution >= 0.6 is 11.8 Å². The van der Waals surface area contributed by atoms with Gasteiger partial charge >= 0.3 is 0 Å². The van der Waals surface area contributed by atoms with Gasteiger partial charge in [-0.25, -0.2) is 14.6 Å². The molecule has 0 bridgehead atoms. The summed E-state index contributed by atoms with van der Waals surface area (Å²) in [5, 5.41) is 12.8. The van der Waals surface area contributed by atoms with E-state index < -0.39 is 0 Å². The lowest BCUT2D eigenvalue weighted by molar-refractivity contribution is -0.121. The van der Waals surface area contributed by atoms with Crippen LogP contribution in [0.25, 0.3) is 11.0 Å². The number of rotatable bonds is 13. The second-order valence-corrected chi connectivity index (χ2v) is 9.13. The molecule has 0 saturated carbocycles. The molecule has 0 saturated heterocycles. The number of hydrogen-bond acceptors (Lipinski definition) is 7. The first kappa shape index (κ1) is 24.0. The highest BCUT2D eigenvalue weighted by Gasteiger charge is 2.14. The van der Waals surface area contributed by atoms with E-state index in [1.807, 2.05) is 41.9 Å². The van der Waals surface area contributed by atoms with Crippen LogP contribution in [0.3, 0.4) is 0 Å². The normalized spacial score (nSPS) is 11.2. The predicted octanol–water partition coefficient (Wildman–Crippen LogP) is 3.52. The van der Waals surface area contributed by atoms with Crippen LogP contribution in [-0.4, -0.2) is 57.2 Å². The third-order valence-electron chi connectivity index (χ3n) is 4.69. The molecule has 0 aliphatic carbocycles.